The number of phenolic OH excluding ortho intramolecular Hbond substituents is 1. The smallest absolute Gasteiger partial charge is 0.240 e. The Morgan fingerprint density at radius 3 is 2.77 bits per heavy atom. The van der Waals surface area contributed by atoms with Crippen molar-refractivity contribution in [2.24, 2.45) is 5.73 Å². The van der Waals surface area contributed by atoms with Crippen LogP contribution < -0.4 is 15.8 Å². The molecule has 0 unspecified atom stereocenters. The summed E-state index contributed by atoms with van der Waals surface area (Å²) in [6, 6.07) is 4.86. The quantitative estimate of drug-likeness (QED) is 0.734. The molecule has 0 bridgehead atoms. The molecule has 1 aliphatic rings. The Morgan fingerprint density at radius 2 is 2.12 bits per heavy atom. The molecule has 1 saturated carbocycles. The molecule has 1 aromatic heterocycles. The molecule has 0 atom stereocenters. The van der Waals surface area contributed by atoms with Crippen LogP contribution in [0.5, 0.6) is 11.5 Å². The molecule has 1 aromatic carbocycles. The van der Waals surface area contributed by atoms with E-state index in [2.05, 4.69) is 10.3 Å². The van der Waals surface area contributed by atoms with Gasteiger partial charge in [-0.1, -0.05) is 12.8 Å². The number of oxazole rings is 1. The summed E-state index contributed by atoms with van der Waals surface area (Å²) in [6.07, 6.45) is 3.41. The Kier molecular flexibility index (Phi) is 6.15. The molecule has 1 heterocycles. The summed E-state index contributed by atoms with van der Waals surface area (Å²) in [4.78, 5) is 16.8. The second kappa shape index (κ2) is 7.97. The summed E-state index contributed by atoms with van der Waals surface area (Å²) in [5.41, 5.74) is 6.73. The van der Waals surface area contributed by atoms with Crippen molar-refractivity contribution in [2.75, 3.05) is 7.11 Å². The summed E-state index contributed by atoms with van der Waals surface area (Å²) >= 11 is 0. The molecule has 4 N–H and O–H groups in total. The van der Waals surface area contributed by atoms with Gasteiger partial charge in [0.1, 0.15) is 11.5 Å². The summed E-state index contributed by atoms with van der Waals surface area (Å²) in [5, 5.41) is 12.5. The number of nitrogens with two attached hydrogens (primary N) is 1. The van der Waals surface area contributed by atoms with Crippen LogP contribution >= 0.6 is 12.4 Å². The van der Waals surface area contributed by atoms with E-state index in [1.54, 1.807) is 19.1 Å². The van der Waals surface area contributed by atoms with Crippen molar-refractivity contribution in [1.29, 1.82) is 0 Å². The van der Waals surface area contributed by atoms with E-state index in [4.69, 9.17) is 14.9 Å². The zero-order valence-corrected chi connectivity index (χ0v) is 15.7. The third-order valence-electron chi connectivity index (χ3n) is 4.68. The number of aromatic hydroxyl groups is 1. The zero-order chi connectivity index (χ0) is 18.0. The Bertz CT molecular complexity index is 785. The van der Waals surface area contributed by atoms with Crippen LogP contribution in [0.1, 0.15) is 37.1 Å². The molecule has 0 spiro atoms. The van der Waals surface area contributed by atoms with Crippen molar-refractivity contribution in [3.8, 4) is 23.0 Å². The Labute approximate surface area is 158 Å². The molecule has 0 saturated heterocycles. The number of benzene rings is 1. The SMILES string of the molecule is COc1cc(-c2nc(CNC(=O)C3(N)CCCC3)c(C)o2)ccc1O.Cl. The first-order valence-corrected chi connectivity index (χ1v) is 8.34. The van der Waals surface area contributed by atoms with Crippen LogP contribution in [0.4, 0.5) is 0 Å². The van der Waals surface area contributed by atoms with Crippen LogP contribution in [0.3, 0.4) is 0 Å². The molecular formula is C18H24ClN3O4. The molecule has 1 aliphatic carbocycles. The first kappa shape index (κ1) is 20.1. The highest BCUT2D eigenvalue weighted by atomic mass is 35.5. The highest BCUT2D eigenvalue weighted by Gasteiger charge is 2.36. The summed E-state index contributed by atoms with van der Waals surface area (Å²) in [7, 11) is 1.48. The van der Waals surface area contributed by atoms with Crippen LogP contribution in [0, 0.1) is 6.92 Å². The Hall–Kier alpha value is -2.25. The number of hydrogen-bond acceptors (Lipinski definition) is 6. The van der Waals surface area contributed by atoms with Crippen molar-refractivity contribution in [3.63, 3.8) is 0 Å². The molecule has 7 nitrogen and oxygen atoms in total. The average Bonchev–Trinajstić information content (AvgIpc) is 3.20. The third kappa shape index (κ3) is 3.94. The van der Waals surface area contributed by atoms with E-state index in [0.29, 0.717) is 28.7 Å². The number of methoxy groups -OCH3 is 1. The van der Waals surface area contributed by atoms with Gasteiger partial charge < -0.3 is 25.3 Å². The van der Waals surface area contributed by atoms with Crippen molar-refractivity contribution >= 4 is 18.3 Å². The highest BCUT2D eigenvalue weighted by molar-refractivity contribution is 5.86. The molecule has 1 amide bonds. The van der Waals surface area contributed by atoms with Crippen LogP contribution in [-0.4, -0.2) is 28.6 Å². The summed E-state index contributed by atoms with van der Waals surface area (Å²) in [6.45, 7) is 2.06. The van der Waals surface area contributed by atoms with Crippen LogP contribution in [0.2, 0.25) is 0 Å². The molecule has 3 rings (SSSR count). The highest BCUT2D eigenvalue weighted by Crippen LogP contribution is 2.32. The fourth-order valence-electron chi connectivity index (χ4n) is 3.10. The largest absolute Gasteiger partial charge is 0.504 e. The monoisotopic (exact) mass is 381 g/mol. The number of nitrogens with zero attached hydrogens (tertiary/aromatic N) is 1. The van der Waals surface area contributed by atoms with Gasteiger partial charge in [-0.15, -0.1) is 12.4 Å². The average molecular weight is 382 g/mol. The number of halogens is 1. The number of rotatable bonds is 5. The Morgan fingerprint density at radius 1 is 1.42 bits per heavy atom. The molecule has 0 radical (unpaired) electrons. The second-order valence-corrected chi connectivity index (χ2v) is 6.45. The Balaban J connectivity index is 0.00000243. The van der Waals surface area contributed by atoms with E-state index in [1.807, 2.05) is 0 Å². The fourth-order valence-corrected chi connectivity index (χ4v) is 3.10. The first-order chi connectivity index (χ1) is 11.9. The normalized spacial score (nSPS) is 15.3. The number of phenols is 1. The number of ether oxygens (including phenoxy) is 1. The van der Waals surface area contributed by atoms with Crippen LogP contribution in [0.15, 0.2) is 22.6 Å². The van der Waals surface area contributed by atoms with Gasteiger partial charge in [-0.05, 0) is 38.0 Å². The third-order valence-corrected chi connectivity index (χ3v) is 4.68. The predicted molar refractivity (Wildman–Crippen MR) is 99.4 cm³/mol. The maximum atomic E-state index is 12.3. The number of aromatic nitrogens is 1. The number of nitrogens with one attached hydrogen (secondary N) is 1. The van der Waals surface area contributed by atoms with E-state index in [9.17, 15) is 9.90 Å². The lowest BCUT2D eigenvalue weighted by molar-refractivity contribution is -0.126. The number of carbonyl (C=O) groups excluding carboxylic acids is 1. The van der Waals surface area contributed by atoms with E-state index in [0.717, 1.165) is 25.7 Å². The van der Waals surface area contributed by atoms with Gasteiger partial charge in [-0.2, -0.15) is 0 Å². The van der Waals surface area contributed by atoms with E-state index >= 15 is 0 Å². The van der Waals surface area contributed by atoms with Gasteiger partial charge in [0.2, 0.25) is 11.8 Å². The minimum absolute atomic E-state index is 0. The van der Waals surface area contributed by atoms with E-state index in [1.165, 1.54) is 13.2 Å². The van der Waals surface area contributed by atoms with E-state index < -0.39 is 5.54 Å². The number of carbonyl (C=O) groups is 1. The van der Waals surface area contributed by atoms with Crippen molar-refractivity contribution in [1.82, 2.24) is 10.3 Å². The van der Waals surface area contributed by atoms with Crippen LogP contribution in [-0.2, 0) is 11.3 Å². The fraction of sp³-hybridized carbons (Fsp3) is 0.444. The van der Waals surface area contributed by atoms with Gasteiger partial charge in [0, 0.05) is 5.56 Å². The molecule has 2 aromatic rings. The minimum atomic E-state index is -0.759. The van der Waals surface area contributed by atoms with Gasteiger partial charge in [0.15, 0.2) is 11.5 Å². The second-order valence-electron chi connectivity index (χ2n) is 6.45. The number of aryl methyl sites for hydroxylation is 1. The van der Waals surface area contributed by atoms with Crippen molar-refractivity contribution in [2.45, 2.75) is 44.7 Å². The lowest BCUT2D eigenvalue weighted by Crippen LogP contribution is -2.51. The summed E-state index contributed by atoms with van der Waals surface area (Å²) in [5.74, 6) is 1.28. The van der Waals surface area contributed by atoms with Crippen LogP contribution in [0.25, 0.3) is 11.5 Å². The lowest BCUT2D eigenvalue weighted by atomic mass is 9.98. The number of amides is 1. The standard InChI is InChI=1S/C18H23N3O4.ClH/c1-11-13(10-20-17(23)18(19)7-3-4-8-18)21-16(25-11)12-5-6-14(22)15(9-12)24-2;/h5-6,9,22H,3-4,7-8,10,19H2,1-2H3,(H,20,23);1H. The number of hydrogen-bond donors (Lipinski definition) is 3. The van der Waals surface area contributed by atoms with Crippen molar-refractivity contribution in [3.05, 3.63) is 29.7 Å². The molecule has 142 valence electrons. The van der Waals surface area contributed by atoms with Gasteiger partial charge in [-0.25, -0.2) is 4.98 Å². The molecule has 26 heavy (non-hydrogen) atoms. The molecule has 8 heteroatoms. The minimum Gasteiger partial charge on any atom is -0.504 e. The van der Waals surface area contributed by atoms with Gasteiger partial charge in [-0.3, -0.25) is 4.79 Å². The summed E-state index contributed by atoms with van der Waals surface area (Å²) < 4.78 is 10.8. The van der Waals surface area contributed by atoms with Gasteiger partial charge in [0.25, 0.3) is 0 Å². The van der Waals surface area contributed by atoms with E-state index in [-0.39, 0.29) is 30.6 Å². The van der Waals surface area contributed by atoms with Crippen molar-refractivity contribution < 1.29 is 19.1 Å². The molecule has 0 aliphatic heterocycles. The van der Waals surface area contributed by atoms with Gasteiger partial charge >= 0.3 is 0 Å². The molecule has 1 fully saturated rings. The predicted octanol–water partition coefficient (Wildman–Crippen LogP) is 2.67. The maximum absolute atomic E-state index is 12.3. The van der Waals surface area contributed by atoms with Gasteiger partial charge in [0.05, 0.1) is 19.2 Å². The topological polar surface area (TPSA) is 111 Å². The molecular weight excluding hydrogens is 358 g/mol. The first-order valence-electron chi connectivity index (χ1n) is 8.34. The zero-order valence-electron chi connectivity index (χ0n) is 14.9. The maximum Gasteiger partial charge on any atom is 0.240 e. The lowest BCUT2D eigenvalue weighted by Gasteiger charge is -2.21.